The lowest BCUT2D eigenvalue weighted by Crippen LogP contribution is -2.26. The molecule has 5 nitrogen and oxygen atoms in total. The Morgan fingerprint density at radius 1 is 1.50 bits per heavy atom. The molecule has 0 saturated carbocycles. The lowest BCUT2D eigenvalue weighted by Gasteiger charge is -2.13. The molecule has 0 atom stereocenters. The van der Waals surface area contributed by atoms with E-state index in [4.69, 9.17) is 0 Å². The number of imidazole rings is 1. The maximum atomic E-state index is 10.5. The third-order valence-electron chi connectivity index (χ3n) is 2.06. The summed E-state index contributed by atoms with van der Waals surface area (Å²) in [5.41, 5.74) is 1.74. The summed E-state index contributed by atoms with van der Waals surface area (Å²) in [5.74, 6) is 0. The summed E-state index contributed by atoms with van der Waals surface area (Å²) in [6, 6.07) is 7.60. The summed E-state index contributed by atoms with van der Waals surface area (Å²) in [6.45, 7) is 2.38. The van der Waals surface area contributed by atoms with E-state index < -0.39 is 0 Å². The topological polar surface area (TPSA) is 50.5 Å². The van der Waals surface area contributed by atoms with E-state index >= 15 is 0 Å². The first-order valence-electron chi connectivity index (χ1n) is 4.40. The molecule has 0 aliphatic carbocycles. The molecule has 0 spiro atoms. The van der Waals surface area contributed by atoms with Gasteiger partial charge in [0.1, 0.15) is 6.33 Å². The predicted octanol–water partition coefficient (Wildman–Crippen LogP) is 1.68. The van der Waals surface area contributed by atoms with Crippen LogP contribution in [0.1, 0.15) is 6.92 Å². The Bertz CT molecular complexity index is 451. The minimum atomic E-state index is 0.518. The second-order valence-electron chi connectivity index (χ2n) is 2.85. The zero-order valence-corrected chi connectivity index (χ0v) is 7.79. The first kappa shape index (κ1) is 8.68. The molecule has 0 aliphatic heterocycles. The highest BCUT2D eigenvalue weighted by molar-refractivity contribution is 5.75. The van der Waals surface area contributed by atoms with Crippen LogP contribution in [-0.4, -0.2) is 16.2 Å². The number of nitrogens with zero attached hydrogens (tertiary/aromatic N) is 4. The fourth-order valence-corrected chi connectivity index (χ4v) is 1.38. The third kappa shape index (κ3) is 1.22. The maximum absolute atomic E-state index is 10.5. The quantitative estimate of drug-likeness (QED) is 0.546. The van der Waals surface area contributed by atoms with Crippen LogP contribution in [0, 0.1) is 4.91 Å². The maximum Gasteiger partial charge on any atom is 0.118 e. The van der Waals surface area contributed by atoms with Crippen molar-refractivity contribution in [2.45, 2.75) is 6.92 Å². The van der Waals surface area contributed by atoms with Gasteiger partial charge in [-0.25, -0.2) is 9.66 Å². The molecule has 1 aromatic carbocycles. The molecule has 14 heavy (non-hydrogen) atoms. The SMILES string of the molecule is CCN(N=O)n1cnc2ccccc21. The van der Waals surface area contributed by atoms with Crippen molar-refractivity contribution in [3.05, 3.63) is 35.5 Å². The number of benzene rings is 1. The fourth-order valence-electron chi connectivity index (χ4n) is 1.38. The summed E-state index contributed by atoms with van der Waals surface area (Å²) >= 11 is 0. The molecule has 0 bridgehead atoms. The van der Waals surface area contributed by atoms with Crippen LogP contribution in [0.3, 0.4) is 0 Å². The van der Waals surface area contributed by atoms with Crippen LogP contribution in [-0.2, 0) is 0 Å². The fraction of sp³-hybridized carbons (Fsp3) is 0.222. The number of aromatic nitrogens is 2. The van der Waals surface area contributed by atoms with E-state index in [1.165, 1.54) is 5.12 Å². The van der Waals surface area contributed by atoms with Gasteiger partial charge in [-0.1, -0.05) is 12.1 Å². The molecule has 0 fully saturated rings. The highest BCUT2D eigenvalue weighted by atomic mass is 16.3. The monoisotopic (exact) mass is 190 g/mol. The summed E-state index contributed by atoms with van der Waals surface area (Å²) in [7, 11) is 0. The number of nitroso groups, excluding NO2 is 1. The van der Waals surface area contributed by atoms with Gasteiger partial charge in [0.05, 0.1) is 22.9 Å². The van der Waals surface area contributed by atoms with Crippen molar-refractivity contribution in [3.8, 4) is 0 Å². The van der Waals surface area contributed by atoms with E-state index in [-0.39, 0.29) is 0 Å². The second kappa shape index (κ2) is 3.45. The summed E-state index contributed by atoms with van der Waals surface area (Å²) < 4.78 is 1.64. The van der Waals surface area contributed by atoms with Crippen LogP contribution in [0.25, 0.3) is 11.0 Å². The van der Waals surface area contributed by atoms with Crippen LogP contribution in [0.5, 0.6) is 0 Å². The standard InChI is InChI=1S/C9H10N4O/c1-2-13(11-14)12-7-10-8-5-3-4-6-9(8)12/h3-7H,2H2,1H3. The van der Waals surface area contributed by atoms with E-state index in [1.54, 1.807) is 11.0 Å². The van der Waals surface area contributed by atoms with E-state index in [2.05, 4.69) is 10.3 Å². The van der Waals surface area contributed by atoms with Gasteiger partial charge in [-0.15, -0.1) is 4.91 Å². The molecule has 2 aromatic rings. The molecule has 1 aromatic heterocycles. The number of hydrogen-bond acceptors (Lipinski definition) is 3. The van der Waals surface area contributed by atoms with Crippen molar-refractivity contribution in [3.63, 3.8) is 0 Å². The van der Waals surface area contributed by atoms with E-state index in [9.17, 15) is 4.91 Å². The zero-order valence-electron chi connectivity index (χ0n) is 7.79. The molecule has 72 valence electrons. The van der Waals surface area contributed by atoms with Crippen molar-refractivity contribution < 1.29 is 0 Å². The van der Waals surface area contributed by atoms with Gasteiger partial charge < -0.3 is 0 Å². The Labute approximate surface area is 80.9 Å². The second-order valence-corrected chi connectivity index (χ2v) is 2.85. The van der Waals surface area contributed by atoms with Gasteiger partial charge in [-0.3, -0.25) is 0 Å². The van der Waals surface area contributed by atoms with Crippen LogP contribution in [0.4, 0.5) is 0 Å². The lowest BCUT2D eigenvalue weighted by molar-refractivity contribution is 0.638. The predicted molar refractivity (Wildman–Crippen MR) is 54.3 cm³/mol. The lowest BCUT2D eigenvalue weighted by atomic mass is 10.3. The van der Waals surface area contributed by atoms with Gasteiger partial charge in [0, 0.05) is 0 Å². The minimum Gasteiger partial charge on any atom is -0.235 e. The van der Waals surface area contributed by atoms with Crippen molar-refractivity contribution in [1.29, 1.82) is 0 Å². The molecule has 0 amide bonds. The Kier molecular flexibility index (Phi) is 2.14. The average molecular weight is 190 g/mol. The molecule has 0 saturated heterocycles. The highest BCUT2D eigenvalue weighted by Crippen LogP contribution is 2.12. The molecule has 1 heterocycles. The van der Waals surface area contributed by atoms with Crippen LogP contribution >= 0.6 is 0 Å². The number of fused-ring (bicyclic) bond motifs is 1. The van der Waals surface area contributed by atoms with E-state index in [1.807, 2.05) is 31.2 Å². The van der Waals surface area contributed by atoms with Crippen molar-refractivity contribution in [1.82, 2.24) is 9.66 Å². The number of rotatable bonds is 3. The smallest absolute Gasteiger partial charge is 0.118 e. The van der Waals surface area contributed by atoms with Crippen molar-refractivity contribution in [2.24, 2.45) is 5.29 Å². The molecular weight excluding hydrogens is 180 g/mol. The Morgan fingerprint density at radius 3 is 3.00 bits per heavy atom. The van der Waals surface area contributed by atoms with Crippen LogP contribution in [0.2, 0.25) is 0 Å². The van der Waals surface area contributed by atoms with Gasteiger partial charge in [0.2, 0.25) is 0 Å². The minimum absolute atomic E-state index is 0.518. The third-order valence-corrected chi connectivity index (χ3v) is 2.06. The molecule has 0 unspecified atom stereocenters. The molecule has 2 rings (SSSR count). The Morgan fingerprint density at radius 2 is 2.29 bits per heavy atom. The molecule has 0 N–H and O–H groups in total. The first-order chi connectivity index (χ1) is 6.86. The van der Waals surface area contributed by atoms with Gasteiger partial charge in [0.25, 0.3) is 0 Å². The molecular formula is C9H10N4O. The molecule has 5 heteroatoms. The first-order valence-corrected chi connectivity index (χ1v) is 4.40. The number of para-hydroxylation sites is 2. The normalized spacial score (nSPS) is 10.4. The van der Waals surface area contributed by atoms with E-state index in [0.717, 1.165) is 11.0 Å². The highest BCUT2D eigenvalue weighted by Gasteiger charge is 2.06. The zero-order chi connectivity index (χ0) is 9.97. The van der Waals surface area contributed by atoms with Crippen molar-refractivity contribution in [2.75, 3.05) is 11.7 Å². The van der Waals surface area contributed by atoms with Crippen molar-refractivity contribution >= 4 is 11.0 Å². The van der Waals surface area contributed by atoms with Crippen LogP contribution < -0.4 is 5.12 Å². The molecule has 0 aliphatic rings. The van der Waals surface area contributed by atoms with Crippen LogP contribution in [0.15, 0.2) is 35.9 Å². The molecule has 0 radical (unpaired) electrons. The van der Waals surface area contributed by atoms with E-state index in [0.29, 0.717) is 6.54 Å². The average Bonchev–Trinajstić information content (AvgIpc) is 2.65. The summed E-state index contributed by atoms with van der Waals surface area (Å²) in [5, 5.41) is 4.22. The van der Waals surface area contributed by atoms with Gasteiger partial charge in [0.15, 0.2) is 0 Å². The number of hydrogen-bond donors (Lipinski definition) is 0. The van der Waals surface area contributed by atoms with Gasteiger partial charge in [-0.2, -0.15) is 5.12 Å². The van der Waals surface area contributed by atoms with Gasteiger partial charge >= 0.3 is 0 Å². The summed E-state index contributed by atoms with van der Waals surface area (Å²) in [6.07, 6.45) is 1.59. The largest absolute Gasteiger partial charge is 0.235 e. The van der Waals surface area contributed by atoms with Gasteiger partial charge in [-0.05, 0) is 19.1 Å². The Balaban J connectivity index is 2.57. The summed E-state index contributed by atoms with van der Waals surface area (Å²) in [4.78, 5) is 14.7. The Hall–Kier alpha value is -1.91.